The molecule has 0 amide bonds. The molecular weight excluding hydrogens is 264 g/mol. The van der Waals surface area contributed by atoms with Gasteiger partial charge in [-0.1, -0.05) is 30.3 Å². The summed E-state index contributed by atoms with van der Waals surface area (Å²) in [6, 6.07) is 17.4. The van der Waals surface area contributed by atoms with Crippen LogP contribution in [0, 0.1) is 17.2 Å². The van der Waals surface area contributed by atoms with Gasteiger partial charge in [0.2, 0.25) is 0 Å². The molecule has 2 aromatic carbocycles. The minimum Gasteiger partial charge on any atom is -0.302 e. The highest BCUT2D eigenvalue weighted by atomic mass is 32.2. The number of nitrogens with one attached hydrogen (secondary N) is 1. The van der Waals surface area contributed by atoms with Gasteiger partial charge in [-0.3, -0.25) is 0 Å². The molecule has 3 heteroatoms. The molecule has 0 radical (unpaired) electrons. The van der Waals surface area contributed by atoms with Crippen LogP contribution in [0.1, 0.15) is 12.8 Å². The number of nitriles is 1. The summed E-state index contributed by atoms with van der Waals surface area (Å²) in [7, 11) is 1.91. The Kier molecular flexibility index (Phi) is 3.69. The number of thioether (sulfide) groups is 1. The quantitative estimate of drug-likeness (QED) is 0.847. The summed E-state index contributed by atoms with van der Waals surface area (Å²) in [6.45, 7) is 0. The van der Waals surface area contributed by atoms with Crippen molar-refractivity contribution in [3.05, 3.63) is 42.5 Å². The first-order valence-electron chi connectivity index (χ1n) is 6.99. The van der Waals surface area contributed by atoms with Gasteiger partial charge in [0.15, 0.2) is 0 Å². The largest absolute Gasteiger partial charge is 0.302 e. The van der Waals surface area contributed by atoms with E-state index in [1.807, 2.05) is 7.05 Å². The molecule has 0 saturated heterocycles. The van der Waals surface area contributed by atoms with Crippen molar-refractivity contribution in [3.8, 4) is 6.07 Å². The fourth-order valence-electron chi connectivity index (χ4n) is 2.60. The van der Waals surface area contributed by atoms with Gasteiger partial charge in [-0.15, -0.1) is 11.8 Å². The SMILES string of the molecule is CNC(C#N)(CSc1ccc2ccccc2c1)C1CC1. The molecule has 1 aliphatic carbocycles. The minimum absolute atomic E-state index is 0.365. The van der Waals surface area contributed by atoms with Gasteiger partial charge >= 0.3 is 0 Å². The Labute approximate surface area is 124 Å². The fourth-order valence-corrected chi connectivity index (χ4v) is 3.82. The molecule has 0 heterocycles. The van der Waals surface area contributed by atoms with E-state index in [1.54, 1.807) is 11.8 Å². The Hall–Kier alpha value is -1.50. The van der Waals surface area contributed by atoms with E-state index in [-0.39, 0.29) is 5.54 Å². The van der Waals surface area contributed by atoms with Crippen molar-refractivity contribution in [1.29, 1.82) is 5.26 Å². The maximum absolute atomic E-state index is 9.51. The number of hydrogen-bond acceptors (Lipinski definition) is 3. The molecule has 0 bridgehead atoms. The molecule has 1 unspecified atom stereocenters. The van der Waals surface area contributed by atoms with Gasteiger partial charge in [0, 0.05) is 10.6 Å². The number of hydrogen-bond donors (Lipinski definition) is 1. The van der Waals surface area contributed by atoms with Crippen molar-refractivity contribution in [1.82, 2.24) is 5.32 Å². The van der Waals surface area contributed by atoms with Crippen LogP contribution in [0.3, 0.4) is 0 Å². The van der Waals surface area contributed by atoms with E-state index >= 15 is 0 Å². The normalized spacial score (nSPS) is 17.6. The van der Waals surface area contributed by atoms with Gasteiger partial charge in [0.1, 0.15) is 5.54 Å². The van der Waals surface area contributed by atoms with E-state index < -0.39 is 0 Å². The van der Waals surface area contributed by atoms with Crippen molar-refractivity contribution >= 4 is 22.5 Å². The van der Waals surface area contributed by atoms with Gasteiger partial charge in [-0.2, -0.15) is 5.26 Å². The maximum Gasteiger partial charge on any atom is 0.118 e. The van der Waals surface area contributed by atoms with Crippen LogP contribution in [0.25, 0.3) is 10.8 Å². The number of fused-ring (bicyclic) bond motifs is 1. The van der Waals surface area contributed by atoms with Gasteiger partial charge in [0.05, 0.1) is 6.07 Å². The summed E-state index contributed by atoms with van der Waals surface area (Å²) in [6.07, 6.45) is 2.35. The second-order valence-electron chi connectivity index (χ2n) is 5.41. The van der Waals surface area contributed by atoms with E-state index in [0.717, 1.165) is 5.75 Å². The molecule has 1 aliphatic rings. The topological polar surface area (TPSA) is 35.8 Å². The Bertz CT molecular complexity index is 657. The van der Waals surface area contributed by atoms with Crippen molar-refractivity contribution in [2.45, 2.75) is 23.3 Å². The lowest BCUT2D eigenvalue weighted by molar-refractivity contribution is 0.441. The molecule has 0 spiro atoms. The molecule has 20 heavy (non-hydrogen) atoms. The Morgan fingerprint density at radius 1 is 1.25 bits per heavy atom. The lowest BCUT2D eigenvalue weighted by atomic mass is 9.98. The summed E-state index contributed by atoms with van der Waals surface area (Å²) in [4.78, 5) is 1.24. The highest BCUT2D eigenvalue weighted by molar-refractivity contribution is 7.99. The second kappa shape index (κ2) is 5.47. The molecular formula is C17H18N2S. The molecule has 0 aromatic heterocycles. The van der Waals surface area contributed by atoms with Crippen molar-refractivity contribution < 1.29 is 0 Å². The Morgan fingerprint density at radius 2 is 2.00 bits per heavy atom. The molecule has 102 valence electrons. The first-order chi connectivity index (χ1) is 9.77. The van der Waals surface area contributed by atoms with Crippen molar-refractivity contribution in [2.75, 3.05) is 12.8 Å². The second-order valence-corrected chi connectivity index (χ2v) is 6.45. The first-order valence-corrected chi connectivity index (χ1v) is 7.98. The van der Waals surface area contributed by atoms with Crippen LogP contribution >= 0.6 is 11.8 Å². The van der Waals surface area contributed by atoms with Crippen LogP contribution in [0.2, 0.25) is 0 Å². The van der Waals surface area contributed by atoms with Crippen molar-refractivity contribution in [3.63, 3.8) is 0 Å². The number of nitrogens with zero attached hydrogens (tertiary/aromatic N) is 1. The predicted molar refractivity (Wildman–Crippen MR) is 84.8 cm³/mol. The summed E-state index contributed by atoms with van der Waals surface area (Å²) in [5.74, 6) is 1.33. The number of benzene rings is 2. The predicted octanol–water partition coefficient (Wildman–Crippen LogP) is 3.82. The van der Waals surface area contributed by atoms with E-state index in [0.29, 0.717) is 5.92 Å². The summed E-state index contributed by atoms with van der Waals surface area (Å²) >= 11 is 1.77. The van der Waals surface area contributed by atoms with Crippen LogP contribution < -0.4 is 5.32 Å². The van der Waals surface area contributed by atoms with Gasteiger partial charge in [0.25, 0.3) is 0 Å². The Morgan fingerprint density at radius 3 is 2.65 bits per heavy atom. The van der Waals surface area contributed by atoms with Crippen molar-refractivity contribution in [2.24, 2.45) is 5.92 Å². The third kappa shape index (κ3) is 2.54. The summed E-state index contributed by atoms with van der Waals surface area (Å²) in [5, 5.41) is 15.3. The third-order valence-electron chi connectivity index (χ3n) is 4.11. The van der Waals surface area contributed by atoms with Gasteiger partial charge in [-0.05, 0) is 48.7 Å². The van der Waals surface area contributed by atoms with E-state index in [9.17, 15) is 5.26 Å². The van der Waals surface area contributed by atoms with Crippen LogP contribution in [0.5, 0.6) is 0 Å². The van der Waals surface area contributed by atoms with Gasteiger partial charge in [-0.25, -0.2) is 0 Å². The van der Waals surface area contributed by atoms with Crippen LogP contribution in [0.15, 0.2) is 47.4 Å². The van der Waals surface area contributed by atoms with Crippen LogP contribution in [-0.4, -0.2) is 18.3 Å². The van der Waals surface area contributed by atoms with Crippen LogP contribution in [-0.2, 0) is 0 Å². The highest BCUT2D eigenvalue weighted by Gasteiger charge is 2.44. The molecule has 3 rings (SSSR count). The van der Waals surface area contributed by atoms with E-state index in [2.05, 4.69) is 53.9 Å². The smallest absolute Gasteiger partial charge is 0.118 e. The molecule has 1 fully saturated rings. The minimum atomic E-state index is -0.365. The summed E-state index contributed by atoms with van der Waals surface area (Å²) in [5.41, 5.74) is -0.365. The Balaban J connectivity index is 1.77. The van der Waals surface area contributed by atoms with E-state index in [4.69, 9.17) is 0 Å². The lowest BCUT2D eigenvalue weighted by Crippen LogP contribution is -2.46. The maximum atomic E-state index is 9.51. The zero-order chi connectivity index (χ0) is 14.0. The van der Waals surface area contributed by atoms with Gasteiger partial charge < -0.3 is 5.32 Å². The van der Waals surface area contributed by atoms with E-state index in [1.165, 1.54) is 28.5 Å². The fraction of sp³-hybridized carbons (Fsp3) is 0.353. The third-order valence-corrected chi connectivity index (χ3v) is 5.29. The monoisotopic (exact) mass is 282 g/mol. The molecule has 2 nitrogen and oxygen atoms in total. The highest BCUT2D eigenvalue weighted by Crippen LogP contribution is 2.42. The lowest BCUT2D eigenvalue weighted by Gasteiger charge is -2.25. The number of rotatable bonds is 5. The summed E-state index contributed by atoms with van der Waals surface area (Å²) < 4.78 is 0. The molecule has 2 aromatic rings. The average Bonchev–Trinajstić information content (AvgIpc) is 3.34. The zero-order valence-electron chi connectivity index (χ0n) is 11.6. The first kappa shape index (κ1) is 13.5. The molecule has 1 atom stereocenters. The van der Waals surface area contributed by atoms with Crippen LogP contribution in [0.4, 0.5) is 0 Å². The molecule has 0 aliphatic heterocycles. The average molecular weight is 282 g/mol. The molecule has 1 N–H and O–H groups in total. The zero-order valence-corrected chi connectivity index (χ0v) is 12.4. The molecule has 1 saturated carbocycles. The standard InChI is InChI=1S/C17H18N2S/c1-19-17(11-18,15-7-8-15)12-20-16-9-6-13-4-2-3-5-14(13)10-16/h2-6,9-10,15,19H,7-8,12H2,1H3.